The lowest BCUT2D eigenvalue weighted by Gasteiger charge is -2.32. The Morgan fingerprint density at radius 2 is 2.06 bits per heavy atom. The van der Waals surface area contributed by atoms with Gasteiger partial charge in [-0.15, -0.1) is 0 Å². The van der Waals surface area contributed by atoms with Crippen molar-refractivity contribution in [2.45, 2.75) is 26.7 Å². The lowest BCUT2D eigenvalue weighted by Crippen LogP contribution is -2.32. The first-order valence-corrected chi connectivity index (χ1v) is 6.76. The van der Waals surface area contributed by atoms with E-state index in [1.54, 1.807) is 0 Å². The molecule has 0 bridgehead atoms. The number of hydrogen-bond acceptors (Lipinski definition) is 2. The zero-order chi connectivity index (χ0) is 13.1. The summed E-state index contributed by atoms with van der Waals surface area (Å²) >= 11 is 6.29. The highest BCUT2D eigenvalue weighted by atomic mass is 35.5. The van der Waals surface area contributed by atoms with Gasteiger partial charge in [-0.1, -0.05) is 18.5 Å². The second-order valence-corrected chi connectivity index (χ2v) is 5.42. The van der Waals surface area contributed by atoms with Crippen molar-refractivity contribution in [2.24, 2.45) is 5.92 Å². The van der Waals surface area contributed by atoms with Crippen LogP contribution < -0.4 is 10.2 Å². The topological polar surface area (TPSA) is 32.3 Å². The highest BCUT2D eigenvalue weighted by molar-refractivity contribution is 6.33. The van der Waals surface area contributed by atoms with E-state index in [2.05, 4.69) is 17.1 Å². The Balaban J connectivity index is 2.12. The molecule has 0 radical (unpaired) electrons. The number of carbonyl (C=O) groups is 1. The molecule has 0 saturated carbocycles. The van der Waals surface area contributed by atoms with Gasteiger partial charge in [0, 0.05) is 25.7 Å². The van der Waals surface area contributed by atoms with E-state index < -0.39 is 0 Å². The van der Waals surface area contributed by atoms with Gasteiger partial charge < -0.3 is 10.2 Å². The standard InChI is InChI=1S/C14H19ClN2O/c1-10-5-7-17(8-6-10)14-4-3-12(9-13(14)15)16-11(2)18/h3-4,9-10H,5-8H2,1-2H3,(H,16,18). The normalized spacial score (nSPS) is 16.7. The molecular weight excluding hydrogens is 248 g/mol. The van der Waals surface area contributed by atoms with Gasteiger partial charge >= 0.3 is 0 Å². The number of piperidine rings is 1. The molecule has 1 heterocycles. The third kappa shape index (κ3) is 3.16. The summed E-state index contributed by atoms with van der Waals surface area (Å²) in [5.41, 5.74) is 1.82. The van der Waals surface area contributed by atoms with Gasteiger partial charge in [-0.05, 0) is 37.0 Å². The summed E-state index contributed by atoms with van der Waals surface area (Å²) in [5, 5.41) is 3.45. The fourth-order valence-corrected chi connectivity index (χ4v) is 2.59. The second-order valence-electron chi connectivity index (χ2n) is 5.02. The van der Waals surface area contributed by atoms with E-state index in [-0.39, 0.29) is 5.91 Å². The summed E-state index contributed by atoms with van der Waals surface area (Å²) < 4.78 is 0. The van der Waals surface area contributed by atoms with Crippen molar-refractivity contribution in [3.8, 4) is 0 Å². The Kier molecular flexibility index (Phi) is 4.12. The molecule has 0 aliphatic carbocycles. The Labute approximate surface area is 113 Å². The predicted octanol–water partition coefficient (Wildman–Crippen LogP) is 3.53. The first kappa shape index (κ1) is 13.2. The fraction of sp³-hybridized carbons (Fsp3) is 0.500. The molecule has 1 amide bonds. The molecule has 1 fully saturated rings. The molecular formula is C14H19ClN2O. The molecule has 2 rings (SSSR count). The van der Waals surface area contributed by atoms with E-state index in [4.69, 9.17) is 11.6 Å². The average Bonchev–Trinajstić information content (AvgIpc) is 2.30. The first-order chi connectivity index (χ1) is 8.56. The molecule has 1 aromatic rings. The molecule has 0 spiro atoms. The van der Waals surface area contributed by atoms with E-state index in [0.29, 0.717) is 5.02 Å². The molecule has 0 unspecified atom stereocenters. The predicted molar refractivity (Wildman–Crippen MR) is 76.4 cm³/mol. The number of nitrogens with zero attached hydrogens (tertiary/aromatic N) is 1. The van der Waals surface area contributed by atoms with Crippen LogP contribution in [0.25, 0.3) is 0 Å². The molecule has 4 heteroatoms. The van der Waals surface area contributed by atoms with Gasteiger partial charge in [0.25, 0.3) is 0 Å². The van der Waals surface area contributed by atoms with Crippen molar-refractivity contribution in [3.05, 3.63) is 23.2 Å². The third-order valence-electron chi connectivity index (χ3n) is 3.39. The SMILES string of the molecule is CC(=O)Nc1ccc(N2CCC(C)CC2)c(Cl)c1. The van der Waals surface area contributed by atoms with Gasteiger partial charge in [0.2, 0.25) is 5.91 Å². The molecule has 1 N–H and O–H groups in total. The number of amides is 1. The highest BCUT2D eigenvalue weighted by Crippen LogP contribution is 2.31. The second kappa shape index (κ2) is 5.61. The summed E-state index contributed by atoms with van der Waals surface area (Å²) in [4.78, 5) is 13.3. The van der Waals surface area contributed by atoms with Crippen molar-refractivity contribution in [1.29, 1.82) is 0 Å². The van der Waals surface area contributed by atoms with Crippen molar-refractivity contribution < 1.29 is 4.79 Å². The van der Waals surface area contributed by atoms with Crippen LogP contribution in [0.4, 0.5) is 11.4 Å². The van der Waals surface area contributed by atoms with Crippen LogP contribution in [0.2, 0.25) is 5.02 Å². The van der Waals surface area contributed by atoms with Gasteiger partial charge in [0.05, 0.1) is 10.7 Å². The summed E-state index contributed by atoms with van der Waals surface area (Å²) in [6, 6.07) is 5.71. The Morgan fingerprint density at radius 3 is 2.61 bits per heavy atom. The van der Waals surface area contributed by atoms with Crippen LogP contribution in [0.1, 0.15) is 26.7 Å². The van der Waals surface area contributed by atoms with Gasteiger partial charge in [0.1, 0.15) is 0 Å². The van der Waals surface area contributed by atoms with Crippen LogP contribution in [0, 0.1) is 5.92 Å². The summed E-state index contributed by atoms with van der Waals surface area (Å²) in [7, 11) is 0. The molecule has 0 atom stereocenters. The van der Waals surface area contributed by atoms with Gasteiger partial charge in [-0.3, -0.25) is 4.79 Å². The van der Waals surface area contributed by atoms with Gasteiger partial charge in [-0.25, -0.2) is 0 Å². The largest absolute Gasteiger partial charge is 0.370 e. The number of nitrogens with one attached hydrogen (secondary N) is 1. The average molecular weight is 267 g/mol. The fourth-order valence-electron chi connectivity index (χ4n) is 2.29. The molecule has 1 saturated heterocycles. The van der Waals surface area contributed by atoms with Crippen molar-refractivity contribution in [3.63, 3.8) is 0 Å². The zero-order valence-electron chi connectivity index (χ0n) is 10.9. The smallest absolute Gasteiger partial charge is 0.221 e. The number of rotatable bonds is 2. The highest BCUT2D eigenvalue weighted by Gasteiger charge is 2.18. The minimum Gasteiger partial charge on any atom is -0.370 e. The summed E-state index contributed by atoms with van der Waals surface area (Å²) in [6.07, 6.45) is 2.42. The lowest BCUT2D eigenvalue weighted by atomic mass is 9.99. The first-order valence-electron chi connectivity index (χ1n) is 6.38. The van der Waals surface area contributed by atoms with E-state index >= 15 is 0 Å². The zero-order valence-corrected chi connectivity index (χ0v) is 11.6. The van der Waals surface area contributed by atoms with Crippen LogP contribution in [0.5, 0.6) is 0 Å². The Bertz CT molecular complexity index is 439. The minimum atomic E-state index is -0.0781. The van der Waals surface area contributed by atoms with E-state index in [1.807, 2.05) is 18.2 Å². The Hall–Kier alpha value is -1.22. The number of carbonyl (C=O) groups excluding carboxylic acids is 1. The molecule has 3 nitrogen and oxygen atoms in total. The lowest BCUT2D eigenvalue weighted by molar-refractivity contribution is -0.114. The van der Waals surface area contributed by atoms with Crippen molar-refractivity contribution >= 4 is 28.9 Å². The Morgan fingerprint density at radius 1 is 1.39 bits per heavy atom. The maximum absolute atomic E-state index is 11.0. The van der Waals surface area contributed by atoms with Crippen LogP contribution in [0.15, 0.2) is 18.2 Å². The van der Waals surface area contributed by atoms with Crippen LogP contribution >= 0.6 is 11.6 Å². The van der Waals surface area contributed by atoms with E-state index in [1.165, 1.54) is 19.8 Å². The molecule has 98 valence electrons. The number of anilines is 2. The summed E-state index contributed by atoms with van der Waals surface area (Å²) in [5.74, 6) is 0.726. The van der Waals surface area contributed by atoms with Crippen molar-refractivity contribution in [2.75, 3.05) is 23.3 Å². The van der Waals surface area contributed by atoms with Crippen molar-refractivity contribution in [1.82, 2.24) is 0 Å². The number of hydrogen-bond donors (Lipinski definition) is 1. The van der Waals surface area contributed by atoms with E-state index in [0.717, 1.165) is 30.4 Å². The maximum Gasteiger partial charge on any atom is 0.221 e. The molecule has 18 heavy (non-hydrogen) atoms. The maximum atomic E-state index is 11.0. The van der Waals surface area contributed by atoms with Crippen LogP contribution in [0.3, 0.4) is 0 Å². The van der Waals surface area contributed by atoms with Crippen LogP contribution in [-0.2, 0) is 4.79 Å². The third-order valence-corrected chi connectivity index (χ3v) is 3.70. The molecule has 1 aliphatic rings. The number of halogens is 1. The molecule has 1 aliphatic heterocycles. The monoisotopic (exact) mass is 266 g/mol. The van der Waals surface area contributed by atoms with Gasteiger partial charge in [-0.2, -0.15) is 0 Å². The van der Waals surface area contributed by atoms with Crippen LogP contribution in [-0.4, -0.2) is 19.0 Å². The molecule has 1 aromatic carbocycles. The van der Waals surface area contributed by atoms with E-state index in [9.17, 15) is 4.79 Å². The number of benzene rings is 1. The summed E-state index contributed by atoms with van der Waals surface area (Å²) in [6.45, 7) is 5.90. The molecule has 0 aromatic heterocycles. The van der Waals surface area contributed by atoms with Gasteiger partial charge in [0.15, 0.2) is 0 Å². The quantitative estimate of drug-likeness (QED) is 0.888. The minimum absolute atomic E-state index is 0.0781.